The summed E-state index contributed by atoms with van der Waals surface area (Å²) in [7, 11) is 5.50. The molecule has 0 aromatic heterocycles. The van der Waals surface area contributed by atoms with E-state index in [-0.39, 0.29) is 36.2 Å². The van der Waals surface area contributed by atoms with Crippen molar-refractivity contribution in [2.45, 2.75) is 174 Å². The van der Waals surface area contributed by atoms with Crippen molar-refractivity contribution in [1.82, 2.24) is 0 Å². The molecule has 0 fully saturated rings. The smallest absolute Gasteiger partial charge is 0.362 e. The number of hydrogen-bond donors (Lipinski definition) is 1. The summed E-state index contributed by atoms with van der Waals surface area (Å²) in [6.07, 6.45) is 51.9. The van der Waals surface area contributed by atoms with Crippen molar-refractivity contribution in [3.8, 4) is 0 Å². The van der Waals surface area contributed by atoms with Crippen LogP contribution in [-0.2, 0) is 28.6 Å². The Bertz CT molecular complexity index is 1220. The van der Waals surface area contributed by atoms with E-state index in [1.54, 1.807) is 0 Å². The summed E-state index contributed by atoms with van der Waals surface area (Å²) in [5.41, 5.74) is 0. The van der Waals surface area contributed by atoms with Crippen LogP contribution in [0.15, 0.2) is 85.1 Å². The lowest BCUT2D eigenvalue weighted by molar-refractivity contribution is -0.887. The highest BCUT2D eigenvalue weighted by Crippen LogP contribution is 2.13. The van der Waals surface area contributed by atoms with Gasteiger partial charge in [-0.3, -0.25) is 9.59 Å². The van der Waals surface area contributed by atoms with E-state index in [0.717, 1.165) is 96.3 Å². The number of aliphatic carboxylic acids is 1. The number of allylic oxidation sites excluding steroid dienone is 14. The van der Waals surface area contributed by atoms with Gasteiger partial charge >= 0.3 is 17.9 Å². The van der Waals surface area contributed by atoms with Crippen LogP contribution in [0.3, 0.4) is 0 Å². The van der Waals surface area contributed by atoms with Crippen molar-refractivity contribution in [2.24, 2.45) is 0 Å². The molecule has 0 radical (unpaired) electrons. The van der Waals surface area contributed by atoms with Crippen molar-refractivity contribution in [2.75, 3.05) is 41.0 Å². The SMILES string of the molecule is CC/C=C/C/C=C/C/C=C/CCCCCCCCC(=O)OCC(COCCC(C(=O)O)[N+](C)(C)C)OC(=O)CCCCCCC/C=C/C=C/C=C/C=C/CCCCC. The number of carbonyl (C=O) groups is 3. The molecule has 330 valence electrons. The molecular formula is C50H84NO7+. The largest absolute Gasteiger partial charge is 0.477 e. The maximum Gasteiger partial charge on any atom is 0.362 e. The van der Waals surface area contributed by atoms with Gasteiger partial charge in [0.15, 0.2) is 12.1 Å². The zero-order valence-electron chi connectivity index (χ0n) is 37.5. The van der Waals surface area contributed by atoms with Crippen LogP contribution >= 0.6 is 0 Å². The Hall–Kier alpha value is -3.49. The van der Waals surface area contributed by atoms with Gasteiger partial charge in [0.05, 0.1) is 34.4 Å². The number of carboxylic acid groups (broad SMARTS) is 1. The van der Waals surface area contributed by atoms with E-state index in [1.807, 2.05) is 27.2 Å². The molecule has 0 heterocycles. The van der Waals surface area contributed by atoms with Crippen molar-refractivity contribution >= 4 is 17.9 Å². The molecule has 0 aliphatic rings. The van der Waals surface area contributed by atoms with Crippen LogP contribution in [-0.4, -0.2) is 80.6 Å². The first kappa shape index (κ1) is 54.5. The summed E-state index contributed by atoms with van der Waals surface area (Å²) in [6.45, 7) is 4.53. The Balaban J connectivity index is 4.43. The fourth-order valence-electron chi connectivity index (χ4n) is 6.12. The number of unbranched alkanes of at least 4 members (excludes halogenated alkanes) is 14. The quantitative estimate of drug-likeness (QED) is 0.0217. The molecule has 2 unspecified atom stereocenters. The van der Waals surface area contributed by atoms with Crippen LogP contribution in [0.4, 0.5) is 0 Å². The molecule has 0 aliphatic heterocycles. The lowest BCUT2D eigenvalue weighted by Crippen LogP contribution is -2.50. The minimum Gasteiger partial charge on any atom is -0.477 e. The lowest BCUT2D eigenvalue weighted by Gasteiger charge is -2.31. The van der Waals surface area contributed by atoms with E-state index in [4.69, 9.17) is 14.2 Å². The van der Waals surface area contributed by atoms with Crippen LogP contribution in [0, 0.1) is 0 Å². The predicted octanol–water partition coefficient (Wildman–Crippen LogP) is 12.5. The third-order valence-corrected chi connectivity index (χ3v) is 9.62. The van der Waals surface area contributed by atoms with E-state index in [0.29, 0.717) is 19.3 Å². The number of ether oxygens (including phenoxy) is 3. The van der Waals surface area contributed by atoms with E-state index < -0.39 is 18.1 Å². The Kier molecular flexibility index (Phi) is 37.9. The number of likely N-dealkylation sites (N-methyl/N-ethyl adjacent to an activating group) is 1. The van der Waals surface area contributed by atoms with Gasteiger partial charge in [-0.05, 0) is 70.6 Å². The summed E-state index contributed by atoms with van der Waals surface area (Å²) < 4.78 is 17.3. The third-order valence-electron chi connectivity index (χ3n) is 9.62. The summed E-state index contributed by atoms with van der Waals surface area (Å²) in [4.78, 5) is 37.0. The first-order valence-corrected chi connectivity index (χ1v) is 22.7. The maximum atomic E-state index is 12.7. The minimum atomic E-state index is -0.885. The van der Waals surface area contributed by atoms with Crippen LogP contribution < -0.4 is 0 Å². The maximum absolute atomic E-state index is 12.7. The van der Waals surface area contributed by atoms with Gasteiger partial charge in [0, 0.05) is 19.3 Å². The molecule has 0 saturated carbocycles. The summed E-state index contributed by atoms with van der Waals surface area (Å²) in [5.74, 6) is -1.52. The highest BCUT2D eigenvalue weighted by molar-refractivity contribution is 5.72. The third kappa shape index (κ3) is 38.1. The second kappa shape index (κ2) is 40.3. The minimum absolute atomic E-state index is 0.0419. The van der Waals surface area contributed by atoms with E-state index in [9.17, 15) is 19.5 Å². The fourth-order valence-corrected chi connectivity index (χ4v) is 6.12. The van der Waals surface area contributed by atoms with Crippen LogP contribution in [0.25, 0.3) is 0 Å². The molecule has 0 aromatic carbocycles. The van der Waals surface area contributed by atoms with E-state index >= 15 is 0 Å². The lowest BCUT2D eigenvalue weighted by atomic mass is 10.1. The number of hydrogen-bond acceptors (Lipinski definition) is 6. The number of quaternary nitrogens is 1. The van der Waals surface area contributed by atoms with Gasteiger partial charge in [-0.25, -0.2) is 4.79 Å². The molecule has 0 bridgehead atoms. The molecule has 2 atom stereocenters. The number of carbonyl (C=O) groups excluding carboxylic acids is 2. The zero-order valence-corrected chi connectivity index (χ0v) is 37.5. The summed E-state index contributed by atoms with van der Waals surface area (Å²) in [5, 5.41) is 9.63. The number of carboxylic acids is 1. The predicted molar refractivity (Wildman–Crippen MR) is 243 cm³/mol. The van der Waals surface area contributed by atoms with Gasteiger partial charge in [0.2, 0.25) is 0 Å². The standard InChI is InChI=1S/C50H83NO7/c1-6-8-10-12-14-16-18-20-22-24-25-27-29-31-33-35-37-39-41-49(53)58-46(44-56-43-42-47(50(54)55)51(3,4)5)45-57-48(52)40-38-36-34-32-30-28-26-23-21-19-17-15-13-11-9-7-2/h9,11,14-18,20-25,27,46-47H,6-8,10,12-13,19,26,28-45H2,1-5H3/p+1/b11-9+,16-14+,17-15+,20-18+,23-21+,24-22+,27-25+. The van der Waals surface area contributed by atoms with Gasteiger partial charge in [0.25, 0.3) is 0 Å². The van der Waals surface area contributed by atoms with Gasteiger partial charge in [-0.1, -0.05) is 157 Å². The molecule has 0 amide bonds. The number of esters is 2. The molecule has 0 rings (SSSR count). The second-order valence-corrected chi connectivity index (χ2v) is 16.0. The Morgan fingerprint density at radius 3 is 1.59 bits per heavy atom. The van der Waals surface area contributed by atoms with Crippen LogP contribution in [0.5, 0.6) is 0 Å². The topological polar surface area (TPSA) is 99.1 Å². The molecule has 58 heavy (non-hydrogen) atoms. The average molecular weight is 811 g/mol. The number of nitrogens with zero attached hydrogens (tertiary/aromatic N) is 1. The van der Waals surface area contributed by atoms with Crippen molar-refractivity contribution in [1.29, 1.82) is 0 Å². The molecule has 0 aromatic rings. The van der Waals surface area contributed by atoms with Crippen molar-refractivity contribution in [3.05, 3.63) is 85.1 Å². The van der Waals surface area contributed by atoms with Gasteiger partial charge in [0.1, 0.15) is 6.61 Å². The highest BCUT2D eigenvalue weighted by Gasteiger charge is 2.31. The molecular weight excluding hydrogens is 727 g/mol. The second-order valence-electron chi connectivity index (χ2n) is 16.0. The Morgan fingerprint density at radius 2 is 1.03 bits per heavy atom. The molecule has 0 spiro atoms. The van der Waals surface area contributed by atoms with Crippen LogP contribution in [0.1, 0.15) is 162 Å². The molecule has 8 heteroatoms. The van der Waals surface area contributed by atoms with Gasteiger partial charge < -0.3 is 23.8 Å². The summed E-state index contributed by atoms with van der Waals surface area (Å²) in [6, 6.07) is -0.626. The zero-order chi connectivity index (χ0) is 42.8. The number of rotatable bonds is 39. The molecule has 1 N–H and O–H groups in total. The Labute approximate surface area is 354 Å². The van der Waals surface area contributed by atoms with Crippen molar-refractivity contribution in [3.63, 3.8) is 0 Å². The highest BCUT2D eigenvalue weighted by atomic mass is 16.6. The summed E-state index contributed by atoms with van der Waals surface area (Å²) >= 11 is 0. The van der Waals surface area contributed by atoms with Gasteiger partial charge in [-0.2, -0.15) is 0 Å². The molecule has 8 nitrogen and oxygen atoms in total. The Morgan fingerprint density at radius 1 is 0.552 bits per heavy atom. The fraction of sp³-hybridized carbons (Fsp3) is 0.660. The first-order valence-electron chi connectivity index (χ1n) is 22.7. The monoisotopic (exact) mass is 811 g/mol. The molecule has 0 saturated heterocycles. The molecule has 0 aliphatic carbocycles. The normalized spacial score (nSPS) is 13.7. The first-order chi connectivity index (χ1) is 28.1. The van der Waals surface area contributed by atoms with Crippen molar-refractivity contribution < 1.29 is 38.2 Å². The van der Waals surface area contributed by atoms with Gasteiger partial charge in [-0.15, -0.1) is 0 Å². The van der Waals surface area contributed by atoms with E-state index in [1.165, 1.54) is 32.1 Å². The van der Waals surface area contributed by atoms with Crippen LogP contribution in [0.2, 0.25) is 0 Å². The average Bonchev–Trinajstić information content (AvgIpc) is 3.18. The van der Waals surface area contributed by atoms with E-state index in [2.05, 4.69) is 92.8 Å².